The number of ether oxygens (including phenoxy) is 1. The minimum atomic E-state index is -3.79. The number of sulfonamides is 1. The number of likely N-dealkylation sites (N-methyl/N-ethyl adjacent to an activating group) is 1. The third-order valence-corrected chi connectivity index (χ3v) is 8.05. The standard InChI is InChI=1S/C18H21ClN2O5S2/c1-21(9-13(22)10-26-14-7-5-12(19)6-8-14)28(24,25)17-11-27-18-15(17)3-2-4-16(18)20-23/h5-8,11,13,16,22H,2-4,9-10H2,1H3. The Morgan fingerprint density at radius 2 is 2.11 bits per heavy atom. The number of thiophene rings is 1. The molecule has 1 aliphatic carbocycles. The molecule has 1 aromatic heterocycles. The first-order chi connectivity index (χ1) is 13.3. The molecule has 1 heterocycles. The Labute approximate surface area is 172 Å². The molecule has 0 saturated carbocycles. The van der Waals surface area contributed by atoms with Crippen molar-refractivity contribution in [3.8, 4) is 5.75 Å². The summed E-state index contributed by atoms with van der Waals surface area (Å²) in [4.78, 5) is 11.9. The van der Waals surface area contributed by atoms with Crippen LogP contribution in [0.2, 0.25) is 5.02 Å². The van der Waals surface area contributed by atoms with Crippen molar-refractivity contribution < 1.29 is 18.3 Å². The summed E-state index contributed by atoms with van der Waals surface area (Å²) >= 11 is 7.07. The summed E-state index contributed by atoms with van der Waals surface area (Å²) in [6.07, 6.45) is 0.973. The maximum absolute atomic E-state index is 13.0. The zero-order valence-corrected chi connectivity index (χ0v) is 17.6. The molecule has 0 fully saturated rings. The maximum atomic E-state index is 13.0. The topological polar surface area (TPSA) is 96.3 Å². The molecule has 0 saturated heterocycles. The lowest BCUT2D eigenvalue weighted by Crippen LogP contribution is -2.37. The highest BCUT2D eigenvalue weighted by atomic mass is 35.5. The Hall–Kier alpha value is -1.52. The Kier molecular flexibility index (Phi) is 6.72. The van der Waals surface area contributed by atoms with Gasteiger partial charge in [0, 0.05) is 28.9 Å². The normalized spacial score (nSPS) is 17.9. The second kappa shape index (κ2) is 8.87. The van der Waals surface area contributed by atoms with E-state index in [0.717, 1.165) is 15.6 Å². The van der Waals surface area contributed by atoms with Gasteiger partial charge in [0.25, 0.3) is 0 Å². The molecular formula is C18H21ClN2O5S2. The number of aliphatic hydroxyl groups excluding tert-OH is 1. The van der Waals surface area contributed by atoms with Gasteiger partial charge < -0.3 is 9.84 Å². The van der Waals surface area contributed by atoms with Gasteiger partial charge in [0.2, 0.25) is 10.0 Å². The zero-order chi connectivity index (χ0) is 20.3. The van der Waals surface area contributed by atoms with Gasteiger partial charge in [0.15, 0.2) is 0 Å². The fraction of sp³-hybridized carbons (Fsp3) is 0.444. The number of halogens is 1. The molecule has 0 aliphatic heterocycles. The van der Waals surface area contributed by atoms with E-state index in [0.29, 0.717) is 29.2 Å². The number of aliphatic hydroxyl groups is 1. The number of rotatable bonds is 8. The van der Waals surface area contributed by atoms with Crippen molar-refractivity contribution in [1.82, 2.24) is 4.31 Å². The van der Waals surface area contributed by atoms with Crippen LogP contribution in [-0.4, -0.2) is 44.1 Å². The predicted molar refractivity (Wildman–Crippen MR) is 109 cm³/mol. The second-order valence-corrected chi connectivity index (χ2v) is 10.0. The molecule has 28 heavy (non-hydrogen) atoms. The van der Waals surface area contributed by atoms with Crippen molar-refractivity contribution in [3.63, 3.8) is 0 Å². The van der Waals surface area contributed by atoms with E-state index in [1.165, 1.54) is 18.4 Å². The lowest BCUT2D eigenvalue weighted by molar-refractivity contribution is 0.0935. The van der Waals surface area contributed by atoms with Crippen LogP contribution in [0.1, 0.15) is 29.3 Å². The smallest absolute Gasteiger partial charge is 0.244 e. The van der Waals surface area contributed by atoms with Gasteiger partial charge in [-0.3, -0.25) is 0 Å². The van der Waals surface area contributed by atoms with Crippen LogP contribution in [0.3, 0.4) is 0 Å². The number of nitrogens with zero attached hydrogens (tertiary/aromatic N) is 2. The predicted octanol–water partition coefficient (Wildman–Crippen LogP) is 3.61. The highest BCUT2D eigenvalue weighted by Crippen LogP contribution is 2.41. The first-order valence-electron chi connectivity index (χ1n) is 8.78. The van der Waals surface area contributed by atoms with Crippen LogP contribution in [0.15, 0.2) is 39.7 Å². The van der Waals surface area contributed by atoms with Crippen LogP contribution in [0, 0.1) is 4.91 Å². The second-order valence-electron chi connectivity index (χ2n) is 6.66. The van der Waals surface area contributed by atoms with Crippen LogP contribution in [0.5, 0.6) is 5.75 Å². The molecule has 3 rings (SSSR count). The van der Waals surface area contributed by atoms with Crippen molar-refractivity contribution in [1.29, 1.82) is 0 Å². The molecule has 10 heteroatoms. The Morgan fingerprint density at radius 3 is 2.79 bits per heavy atom. The minimum Gasteiger partial charge on any atom is -0.491 e. The Bertz CT molecular complexity index is 930. The van der Waals surface area contributed by atoms with E-state index in [4.69, 9.17) is 16.3 Å². The molecule has 1 aromatic carbocycles. The Morgan fingerprint density at radius 1 is 1.39 bits per heavy atom. The van der Waals surface area contributed by atoms with Gasteiger partial charge in [-0.25, -0.2) is 8.42 Å². The third-order valence-electron chi connectivity index (χ3n) is 4.63. The van der Waals surface area contributed by atoms with Gasteiger partial charge in [-0.05, 0) is 49.1 Å². The highest BCUT2D eigenvalue weighted by molar-refractivity contribution is 7.89. The zero-order valence-electron chi connectivity index (χ0n) is 15.2. The molecule has 7 nitrogen and oxygen atoms in total. The Balaban J connectivity index is 1.66. The van der Waals surface area contributed by atoms with Crippen molar-refractivity contribution in [2.45, 2.75) is 36.3 Å². The first-order valence-corrected chi connectivity index (χ1v) is 11.5. The van der Waals surface area contributed by atoms with Crippen LogP contribution in [0.25, 0.3) is 0 Å². The fourth-order valence-electron chi connectivity index (χ4n) is 3.17. The van der Waals surface area contributed by atoms with E-state index >= 15 is 0 Å². The number of hydrogen-bond donors (Lipinski definition) is 1. The van der Waals surface area contributed by atoms with Gasteiger partial charge in [0.1, 0.15) is 24.5 Å². The van der Waals surface area contributed by atoms with Gasteiger partial charge in [0.05, 0.1) is 4.90 Å². The van der Waals surface area contributed by atoms with E-state index in [-0.39, 0.29) is 18.0 Å². The largest absolute Gasteiger partial charge is 0.491 e. The van der Waals surface area contributed by atoms with Crippen molar-refractivity contribution in [2.24, 2.45) is 5.18 Å². The summed E-state index contributed by atoms with van der Waals surface area (Å²) in [6, 6.07) is 6.21. The van der Waals surface area contributed by atoms with E-state index in [1.54, 1.807) is 29.6 Å². The van der Waals surface area contributed by atoms with Gasteiger partial charge in [-0.1, -0.05) is 16.8 Å². The molecule has 1 aliphatic rings. The van der Waals surface area contributed by atoms with E-state index in [2.05, 4.69) is 5.18 Å². The lowest BCUT2D eigenvalue weighted by Gasteiger charge is -2.22. The lowest BCUT2D eigenvalue weighted by atomic mass is 9.96. The van der Waals surface area contributed by atoms with Crippen LogP contribution < -0.4 is 4.74 Å². The van der Waals surface area contributed by atoms with E-state index in [1.807, 2.05) is 0 Å². The number of nitroso groups, excluding NO2 is 1. The average Bonchev–Trinajstić information content (AvgIpc) is 3.12. The number of hydrogen-bond acceptors (Lipinski definition) is 7. The quantitative estimate of drug-likeness (QED) is 0.627. The molecule has 2 aromatic rings. The van der Waals surface area contributed by atoms with Crippen LogP contribution in [0.4, 0.5) is 0 Å². The number of benzene rings is 1. The van der Waals surface area contributed by atoms with E-state index in [9.17, 15) is 18.4 Å². The van der Waals surface area contributed by atoms with Gasteiger partial charge in [-0.2, -0.15) is 9.21 Å². The van der Waals surface area contributed by atoms with Crippen LogP contribution in [-0.2, 0) is 16.4 Å². The highest BCUT2D eigenvalue weighted by Gasteiger charge is 2.32. The summed E-state index contributed by atoms with van der Waals surface area (Å²) in [5, 5.41) is 15.5. The SMILES string of the molecule is CN(CC(O)COc1ccc(Cl)cc1)S(=O)(=O)c1csc2c1CCCC2N=O. The molecular weight excluding hydrogens is 424 g/mol. The number of fused-ring (bicyclic) bond motifs is 1. The van der Waals surface area contributed by atoms with Gasteiger partial charge >= 0.3 is 0 Å². The average molecular weight is 445 g/mol. The molecule has 2 atom stereocenters. The molecule has 152 valence electrons. The molecule has 0 amide bonds. The van der Waals surface area contributed by atoms with Crippen molar-refractivity contribution in [2.75, 3.05) is 20.2 Å². The minimum absolute atomic E-state index is 0.0552. The van der Waals surface area contributed by atoms with Crippen molar-refractivity contribution >= 4 is 33.0 Å². The van der Waals surface area contributed by atoms with E-state index < -0.39 is 22.2 Å². The summed E-state index contributed by atoms with van der Waals surface area (Å²) in [5.74, 6) is 0.535. The van der Waals surface area contributed by atoms with Crippen molar-refractivity contribution in [3.05, 3.63) is 50.0 Å². The summed E-state index contributed by atoms with van der Waals surface area (Å²) in [6.45, 7) is -0.170. The maximum Gasteiger partial charge on any atom is 0.244 e. The molecule has 1 N–H and O–H groups in total. The molecule has 2 unspecified atom stereocenters. The third kappa shape index (κ3) is 4.55. The van der Waals surface area contributed by atoms with Crippen LogP contribution >= 0.6 is 22.9 Å². The summed E-state index contributed by atoms with van der Waals surface area (Å²) in [5.41, 5.74) is 0.680. The van der Waals surface area contributed by atoms with Gasteiger partial charge in [-0.15, -0.1) is 11.3 Å². The molecule has 0 bridgehead atoms. The molecule has 0 spiro atoms. The fourth-order valence-corrected chi connectivity index (χ4v) is 6.26. The summed E-state index contributed by atoms with van der Waals surface area (Å²) < 4.78 is 32.5. The first kappa shape index (κ1) is 21.2. The summed E-state index contributed by atoms with van der Waals surface area (Å²) in [7, 11) is -2.37. The monoisotopic (exact) mass is 444 g/mol. The molecule has 0 radical (unpaired) electrons.